The molecule has 2 aliphatic carbocycles. The minimum Gasteiger partial charge on any atom is -0.495 e. The fourth-order valence-corrected chi connectivity index (χ4v) is 5.19. The maximum atomic E-state index is 12.7. The van der Waals surface area contributed by atoms with Gasteiger partial charge in [-0.1, -0.05) is 0 Å². The number of carbonyl (C=O) groups excluding carboxylic acids is 1. The van der Waals surface area contributed by atoms with Crippen molar-refractivity contribution < 1.29 is 17.9 Å². The third-order valence-corrected chi connectivity index (χ3v) is 7.26. The zero-order valence-corrected chi connectivity index (χ0v) is 16.9. The monoisotopic (exact) mass is 415 g/mol. The Balaban J connectivity index is 0.00000210. The van der Waals surface area contributed by atoms with Crippen molar-refractivity contribution in [2.45, 2.75) is 43.0 Å². The van der Waals surface area contributed by atoms with E-state index in [0.29, 0.717) is 11.4 Å². The Morgan fingerprint density at radius 3 is 2.59 bits per heavy atom. The number of benzene rings is 1. The molecule has 1 aromatic carbocycles. The van der Waals surface area contributed by atoms with Crippen molar-refractivity contribution in [1.29, 1.82) is 0 Å². The van der Waals surface area contributed by atoms with Gasteiger partial charge in [-0.05, 0) is 68.8 Å². The molecule has 7 nitrogen and oxygen atoms in total. The van der Waals surface area contributed by atoms with Crippen LogP contribution in [0.3, 0.4) is 0 Å². The summed E-state index contributed by atoms with van der Waals surface area (Å²) in [7, 11) is -2.07. The maximum Gasteiger partial charge on any atom is 0.240 e. The quantitative estimate of drug-likeness (QED) is 0.659. The lowest BCUT2D eigenvalue weighted by Crippen LogP contribution is -2.31. The minimum absolute atomic E-state index is 0. The topological polar surface area (TPSA) is 96.5 Å². The first-order valence-corrected chi connectivity index (χ1v) is 10.6. The van der Waals surface area contributed by atoms with E-state index in [1.807, 2.05) is 0 Å². The highest BCUT2D eigenvalue weighted by Crippen LogP contribution is 2.58. The zero-order chi connectivity index (χ0) is 18.4. The van der Waals surface area contributed by atoms with Crippen molar-refractivity contribution in [3.8, 4) is 5.75 Å². The normalized spacial score (nSPS) is 23.4. The smallest absolute Gasteiger partial charge is 0.240 e. The van der Waals surface area contributed by atoms with Gasteiger partial charge in [0.15, 0.2) is 0 Å². The number of rotatable bonds is 6. The Morgan fingerprint density at radius 1 is 1.26 bits per heavy atom. The first-order chi connectivity index (χ1) is 12.4. The largest absolute Gasteiger partial charge is 0.495 e. The van der Waals surface area contributed by atoms with Gasteiger partial charge in [0, 0.05) is 12.0 Å². The lowest BCUT2D eigenvalue weighted by atomic mass is 9.92. The van der Waals surface area contributed by atoms with Crippen molar-refractivity contribution >= 4 is 34.0 Å². The standard InChI is InChI=1S/C18H25N3O4S.ClH/c1-25-16-5-4-13(26(23,24)21-12-2-3-12)10-15(16)20-17(22)14-11-18(14)6-8-19-9-7-18;/h4-5,10,12,14,19,21H,2-3,6-9,11H2,1H3,(H,20,22);1H. The fraction of sp³-hybridized carbons (Fsp3) is 0.611. The number of methoxy groups -OCH3 is 1. The number of anilines is 1. The van der Waals surface area contributed by atoms with Gasteiger partial charge in [-0.3, -0.25) is 4.79 Å². The molecule has 1 saturated heterocycles. The minimum atomic E-state index is -3.58. The second-order valence-corrected chi connectivity index (χ2v) is 9.33. The van der Waals surface area contributed by atoms with Gasteiger partial charge in [0.2, 0.25) is 15.9 Å². The second-order valence-electron chi connectivity index (χ2n) is 7.62. The highest BCUT2D eigenvalue weighted by molar-refractivity contribution is 7.89. The molecule has 3 aliphatic rings. The van der Waals surface area contributed by atoms with Crippen molar-refractivity contribution in [1.82, 2.24) is 10.0 Å². The molecule has 2 saturated carbocycles. The molecule has 150 valence electrons. The van der Waals surface area contributed by atoms with Crippen molar-refractivity contribution in [3.63, 3.8) is 0 Å². The molecule has 1 atom stereocenters. The molecule has 27 heavy (non-hydrogen) atoms. The van der Waals surface area contributed by atoms with E-state index < -0.39 is 10.0 Å². The SMILES string of the molecule is COc1ccc(S(=O)(=O)NC2CC2)cc1NC(=O)C1CC12CCNCC2.Cl. The van der Waals surface area contributed by atoms with E-state index >= 15 is 0 Å². The van der Waals surface area contributed by atoms with Crippen LogP contribution in [0.15, 0.2) is 23.1 Å². The molecule has 0 radical (unpaired) electrons. The molecule has 1 heterocycles. The number of carbonyl (C=O) groups is 1. The van der Waals surface area contributed by atoms with Crippen LogP contribution in [0.25, 0.3) is 0 Å². The highest BCUT2D eigenvalue weighted by atomic mass is 35.5. The number of piperidine rings is 1. The number of nitrogens with one attached hydrogen (secondary N) is 3. The molecule has 3 N–H and O–H groups in total. The fourth-order valence-electron chi connectivity index (χ4n) is 3.86. The summed E-state index contributed by atoms with van der Waals surface area (Å²) in [5.74, 6) is 0.415. The predicted molar refractivity (Wildman–Crippen MR) is 105 cm³/mol. The van der Waals surface area contributed by atoms with Crippen LogP contribution in [-0.4, -0.2) is 40.6 Å². The molecule has 1 amide bonds. The number of halogens is 1. The van der Waals surface area contributed by atoms with E-state index in [2.05, 4.69) is 15.4 Å². The molecule has 0 bridgehead atoms. The Kier molecular flexibility index (Phi) is 5.72. The Labute approximate surface area is 166 Å². The number of hydrogen-bond acceptors (Lipinski definition) is 5. The summed E-state index contributed by atoms with van der Waals surface area (Å²) < 4.78 is 32.8. The number of ether oxygens (including phenoxy) is 1. The van der Waals surface area contributed by atoms with Gasteiger partial charge in [-0.2, -0.15) is 0 Å². The van der Waals surface area contributed by atoms with Crippen LogP contribution in [-0.2, 0) is 14.8 Å². The van der Waals surface area contributed by atoms with Crippen molar-refractivity contribution in [3.05, 3.63) is 18.2 Å². The molecule has 9 heteroatoms. The molecule has 1 aliphatic heterocycles. The van der Waals surface area contributed by atoms with E-state index in [4.69, 9.17) is 4.74 Å². The Hall–Kier alpha value is -1.35. The molecule has 4 rings (SSSR count). The lowest BCUT2D eigenvalue weighted by Gasteiger charge is -2.23. The van der Waals surface area contributed by atoms with Gasteiger partial charge >= 0.3 is 0 Å². The number of sulfonamides is 1. The average Bonchev–Trinajstić information content (AvgIpc) is 3.54. The van der Waals surface area contributed by atoms with Crippen molar-refractivity contribution in [2.75, 3.05) is 25.5 Å². The van der Waals surface area contributed by atoms with Crippen LogP contribution >= 0.6 is 12.4 Å². The van der Waals surface area contributed by atoms with Crippen LogP contribution in [0.4, 0.5) is 5.69 Å². The van der Waals surface area contributed by atoms with Gasteiger partial charge in [-0.25, -0.2) is 13.1 Å². The van der Waals surface area contributed by atoms with E-state index in [-0.39, 0.29) is 40.6 Å². The van der Waals surface area contributed by atoms with Gasteiger partial charge in [0.05, 0.1) is 17.7 Å². The van der Waals surface area contributed by atoms with Gasteiger partial charge in [0.1, 0.15) is 5.75 Å². The highest BCUT2D eigenvalue weighted by Gasteiger charge is 2.57. The van der Waals surface area contributed by atoms with E-state index in [1.54, 1.807) is 6.07 Å². The van der Waals surface area contributed by atoms with Crippen LogP contribution in [0.1, 0.15) is 32.1 Å². The summed E-state index contributed by atoms with van der Waals surface area (Å²) >= 11 is 0. The lowest BCUT2D eigenvalue weighted by molar-refractivity contribution is -0.118. The summed E-state index contributed by atoms with van der Waals surface area (Å²) in [5, 5.41) is 6.23. The van der Waals surface area contributed by atoms with E-state index in [9.17, 15) is 13.2 Å². The summed E-state index contributed by atoms with van der Waals surface area (Å²) in [6, 6.07) is 4.61. The summed E-state index contributed by atoms with van der Waals surface area (Å²) in [6.45, 7) is 1.90. The van der Waals surface area contributed by atoms with Crippen LogP contribution in [0.2, 0.25) is 0 Å². The number of amides is 1. The summed E-state index contributed by atoms with van der Waals surface area (Å²) in [6.07, 6.45) is 4.68. The van der Waals surface area contributed by atoms with Crippen LogP contribution in [0.5, 0.6) is 5.75 Å². The number of hydrogen-bond donors (Lipinski definition) is 3. The van der Waals surface area contributed by atoms with E-state index in [1.165, 1.54) is 19.2 Å². The molecule has 1 unspecified atom stereocenters. The van der Waals surface area contributed by atoms with E-state index in [0.717, 1.165) is 45.2 Å². The molecule has 1 spiro atoms. The van der Waals surface area contributed by atoms with Gasteiger partial charge in [0.25, 0.3) is 0 Å². The summed E-state index contributed by atoms with van der Waals surface area (Å²) in [5.41, 5.74) is 0.534. The molecular weight excluding hydrogens is 390 g/mol. The van der Waals surface area contributed by atoms with Gasteiger partial charge in [-0.15, -0.1) is 12.4 Å². The van der Waals surface area contributed by atoms with Crippen molar-refractivity contribution in [2.24, 2.45) is 11.3 Å². The van der Waals surface area contributed by atoms with Gasteiger partial charge < -0.3 is 15.4 Å². The first kappa shape index (κ1) is 20.4. The molecular formula is C18H26ClN3O4S. The first-order valence-electron chi connectivity index (χ1n) is 9.15. The Morgan fingerprint density at radius 2 is 1.96 bits per heavy atom. The molecule has 1 aromatic rings. The maximum absolute atomic E-state index is 12.7. The average molecular weight is 416 g/mol. The third-order valence-electron chi connectivity index (χ3n) is 5.74. The Bertz CT molecular complexity index is 820. The van der Waals surface area contributed by atoms with Crippen LogP contribution < -0.4 is 20.1 Å². The predicted octanol–water partition coefficient (Wildman–Crippen LogP) is 1.89. The third kappa shape index (κ3) is 4.23. The zero-order valence-electron chi connectivity index (χ0n) is 15.3. The molecule has 0 aromatic heterocycles. The molecule has 3 fully saturated rings. The summed E-state index contributed by atoms with van der Waals surface area (Å²) in [4.78, 5) is 12.9. The second kappa shape index (κ2) is 7.58. The van der Waals surface area contributed by atoms with Crippen LogP contribution in [0, 0.1) is 11.3 Å².